The summed E-state index contributed by atoms with van der Waals surface area (Å²) in [5.41, 5.74) is 3.67. The Morgan fingerprint density at radius 1 is 1.33 bits per heavy atom. The number of hydrogen-bond donors (Lipinski definition) is 0. The molecular weight excluding hydrogens is 332 g/mol. The maximum atomic E-state index is 13.1. The first-order valence-electron chi connectivity index (χ1n) is 10.5. The zero-order valence-corrected chi connectivity index (χ0v) is 17.6. The molecule has 1 aliphatic heterocycles. The molecular formula is C25H36O2. The molecule has 1 saturated carbocycles. The van der Waals surface area contributed by atoms with Crippen LogP contribution in [-0.4, -0.2) is 12.1 Å². The van der Waals surface area contributed by atoms with Crippen molar-refractivity contribution in [3.63, 3.8) is 0 Å². The van der Waals surface area contributed by atoms with E-state index in [4.69, 9.17) is 4.74 Å². The van der Waals surface area contributed by atoms with Crippen LogP contribution in [0.2, 0.25) is 0 Å². The van der Waals surface area contributed by atoms with Crippen molar-refractivity contribution in [1.82, 2.24) is 0 Å². The molecule has 1 saturated heterocycles. The van der Waals surface area contributed by atoms with E-state index in [2.05, 4.69) is 59.1 Å². The molecule has 3 rings (SSSR count). The van der Waals surface area contributed by atoms with Crippen LogP contribution in [0, 0.1) is 22.7 Å². The van der Waals surface area contributed by atoms with Crippen molar-refractivity contribution >= 4 is 5.97 Å². The summed E-state index contributed by atoms with van der Waals surface area (Å²) in [5, 5.41) is 0. The predicted molar refractivity (Wildman–Crippen MR) is 112 cm³/mol. The number of ether oxygens (including phenoxy) is 1. The van der Waals surface area contributed by atoms with Crippen LogP contribution in [-0.2, 0) is 9.53 Å². The Labute approximate surface area is 165 Å². The van der Waals surface area contributed by atoms with Gasteiger partial charge in [-0.1, -0.05) is 48.5 Å². The van der Waals surface area contributed by atoms with E-state index in [9.17, 15) is 4.79 Å². The lowest BCUT2D eigenvalue weighted by Crippen LogP contribution is -2.47. The fourth-order valence-electron chi connectivity index (χ4n) is 5.81. The van der Waals surface area contributed by atoms with E-state index < -0.39 is 0 Å². The second-order valence-electron chi connectivity index (χ2n) is 9.59. The first kappa shape index (κ1) is 20.2. The molecule has 0 N–H and O–H groups in total. The highest BCUT2D eigenvalue weighted by Crippen LogP contribution is 2.60. The van der Waals surface area contributed by atoms with Gasteiger partial charge in [-0.2, -0.15) is 0 Å². The summed E-state index contributed by atoms with van der Waals surface area (Å²) in [4.78, 5) is 13.1. The standard InChI is InChI=1S/C25H36O2/c1-7-24(6)14-13-20-22(21(24)18(4)5)27-23(26)25(20)15-11-19(12-16-25)10-8-9-17(2)3/h7,9,11,20-22H,1,4,8,10,12-16H2,2-3,5-6H3/t20-,21-,22+,24-,25+/m1/s1. The molecule has 3 aliphatic rings. The van der Waals surface area contributed by atoms with Gasteiger partial charge in [-0.25, -0.2) is 0 Å². The topological polar surface area (TPSA) is 26.3 Å². The molecule has 2 nitrogen and oxygen atoms in total. The number of fused-ring (bicyclic) bond motifs is 2. The number of esters is 1. The van der Waals surface area contributed by atoms with Crippen molar-refractivity contribution in [2.75, 3.05) is 0 Å². The minimum absolute atomic E-state index is 0.0289. The van der Waals surface area contributed by atoms with Crippen LogP contribution >= 0.6 is 0 Å². The van der Waals surface area contributed by atoms with E-state index >= 15 is 0 Å². The normalized spacial score (nSPS) is 38.0. The van der Waals surface area contributed by atoms with Crippen LogP contribution in [0.15, 0.2) is 48.1 Å². The molecule has 0 amide bonds. The molecule has 27 heavy (non-hydrogen) atoms. The summed E-state index contributed by atoms with van der Waals surface area (Å²) in [6.45, 7) is 17.0. The second kappa shape index (κ2) is 7.45. The fourth-order valence-corrected chi connectivity index (χ4v) is 5.81. The molecule has 0 radical (unpaired) electrons. The third-order valence-electron chi connectivity index (χ3n) is 7.45. The minimum Gasteiger partial charge on any atom is -0.461 e. The molecule has 148 valence electrons. The van der Waals surface area contributed by atoms with E-state index in [1.54, 1.807) is 0 Å². The van der Waals surface area contributed by atoms with Gasteiger partial charge < -0.3 is 4.74 Å². The molecule has 5 atom stereocenters. The van der Waals surface area contributed by atoms with Gasteiger partial charge in [0.15, 0.2) is 0 Å². The lowest BCUT2D eigenvalue weighted by atomic mass is 9.54. The van der Waals surface area contributed by atoms with Crippen molar-refractivity contribution in [3.8, 4) is 0 Å². The number of rotatable bonds is 5. The van der Waals surface area contributed by atoms with E-state index in [0.717, 1.165) is 50.5 Å². The summed E-state index contributed by atoms with van der Waals surface area (Å²) in [5.74, 6) is 0.534. The largest absolute Gasteiger partial charge is 0.461 e. The Hall–Kier alpha value is -1.57. The first-order chi connectivity index (χ1) is 12.7. The Morgan fingerprint density at radius 2 is 2.07 bits per heavy atom. The van der Waals surface area contributed by atoms with Crippen molar-refractivity contribution in [3.05, 3.63) is 48.1 Å². The molecule has 2 aliphatic carbocycles. The first-order valence-corrected chi connectivity index (χ1v) is 10.5. The Morgan fingerprint density at radius 3 is 2.63 bits per heavy atom. The van der Waals surface area contributed by atoms with Crippen LogP contribution in [0.5, 0.6) is 0 Å². The monoisotopic (exact) mass is 368 g/mol. The van der Waals surface area contributed by atoms with Gasteiger partial charge in [0.2, 0.25) is 0 Å². The smallest absolute Gasteiger partial charge is 0.313 e. The predicted octanol–water partition coefficient (Wildman–Crippen LogP) is 6.55. The van der Waals surface area contributed by atoms with Gasteiger partial charge in [0.1, 0.15) is 6.10 Å². The molecule has 2 heteroatoms. The SMILES string of the molecule is C=C[C@]1(C)CC[C@@H]2[C@H](OC(=O)[C@]23CC=C(CCC=C(C)C)CC3)[C@H]1C(=C)C. The lowest BCUT2D eigenvalue weighted by Gasteiger charge is -2.48. The minimum atomic E-state index is -0.305. The highest BCUT2D eigenvalue weighted by Gasteiger charge is 2.62. The molecule has 0 unspecified atom stereocenters. The quantitative estimate of drug-likeness (QED) is 0.406. The maximum Gasteiger partial charge on any atom is 0.313 e. The summed E-state index contributed by atoms with van der Waals surface area (Å²) >= 11 is 0. The van der Waals surface area contributed by atoms with Gasteiger partial charge in [-0.3, -0.25) is 4.79 Å². The molecule has 0 aromatic rings. The molecule has 1 spiro atoms. The Balaban J connectivity index is 1.80. The van der Waals surface area contributed by atoms with Crippen LogP contribution in [0.3, 0.4) is 0 Å². The van der Waals surface area contributed by atoms with E-state index in [-0.39, 0.29) is 28.8 Å². The summed E-state index contributed by atoms with van der Waals surface area (Å²) in [6, 6.07) is 0. The molecule has 0 aromatic carbocycles. The fraction of sp³-hybridized carbons (Fsp3) is 0.640. The summed E-state index contributed by atoms with van der Waals surface area (Å²) in [6.07, 6.45) is 13.8. The van der Waals surface area contributed by atoms with Gasteiger partial charge in [0.25, 0.3) is 0 Å². The van der Waals surface area contributed by atoms with Gasteiger partial charge >= 0.3 is 5.97 Å². The van der Waals surface area contributed by atoms with Crippen LogP contribution < -0.4 is 0 Å². The third-order valence-corrected chi connectivity index (χ3v) is 7.45. The molecule has 1 heterocycles. The highest BCUT2D eigenvalue weighted by molar-refractivity contribution is 5.80. The summed E-state index contributed by atoms with van der Waals surface area (Å²) in [7, 11) is 0. The van der Waals surface area contributed by atoms with Crippen LogP contribution in [0.1, 0.15) is 72.6 Å². The van der Waals surface area contributed by atoms with Crippen LogP contribution in [0.4, 0.5) is 0 Å². The molecule has 0 bridgehead atoms. The third kappa shape index (κ3) is 3.48. The number of carbonyl (C=O) groups is 1. The van der Waals surface area contributed by atoms with Gasteiger partial charge in [-0.05, 0) is 71.1 Å². The highest BCUT2D eigenvalue weighted by atomic mass is 16.6. The van der Waals surface area contributed by atoms with Crippen molar-refractivity contribution in [1.29, 1.82) is 0 Å². The van der Waals surface area contributed by atoms with Crippen molar-refractivity contribution in [2.24, 2.45) is 22.7 Å². The number of allylic oxidation sites excluding steroid dienone is 5. The lowest BCUT2D eigenvalue weighted by molar-refractivity contribution is -0.151. The van der Waals surface area contributed by atoms with Gasteiger partial charge in [-0.15, -0.1) is 6.58 Å². The molecule has 2 fully saturated rings. The average molecular weight is 369 g/mol. The van der Waals surface area contributed by atoms with Crippen molar-refractivity contribution < 1.29 is 9.53 Å². The zero-order valence-electron chi connectivity index (χ0n) is 17.6. The van der Waals surface area contributed by atoms with Crippen LogP contribution in [0.25, 0.3) is 0 Å². The zero-order chi connectivity index (χ0) is 19.8. The Kier molecular flexibility index (Phi) is 5.57. The maximum absolute atomic E-state index is 13.1. The van der Waals surface area contributed by atoms with E-state index in [1.807, 2.05) is 0 Å². The Bertz CT molecular complexity index is 693. The second-order valence-corrected chi connectivity index (χ2v) is 9.59. The number of carbonyl (C=O) groups excluding carboxylic acids is 1. The number of hydrogen-bond acceptors (Lipinski definition) is 2. The average Bonchev–Trinajstić information content (AvgIpc) is 2.87. The van der Waals surface area contributed by atoms with Gasteiger partial charge in [0, 0.05) is 11.8 Å². The van der Waals surface area contributed by atoms with E-state index in [1.165, 1.54) is 11.1 Å². The summed E-state index contributed by atoms with van der Waals surface area (Å²) < 4.78 is 6.09. The molecule has 0 aromatic heterocycles. The van der Waals surface area contributed by atoms with Gasteiger partial charge in [0.05, 0.1) is 5.41 Å². The van der Waals surface area contributed by atoms with E-state index in [0.29, 0.717) is 5.92 Å². The van der Waals surface area contributed by atoms with Crippen molar-refractivity contribution in [2.45, 2.75) is 78.7 Å².